The fourth-order valence-corrected chi connectivity index (χ4v) is 1.95. The largest absolute Gasteiger partial charge is 0.483 e. The van der Waals surface area contributed by atoms with Gasteiger partial charge in [0.15, 0.2) is 6.61 Å². The molecule has 1 heterocycles. The number of piperazine rings is 1. The number of benzene rings is 1. The SMILES string of the molecule is Cc1ccc(C)c(OCC(=O)N2CCNC(=O)C2)c1. The smallest absolute Gasteiger partial charge is 0.261 e. The number of rotatable bonds is 3. The third kappa shape index (κ3) is 3.47. The summed E-state index contributed by atoms with van der Waals surface area (Å²) in [6.45, 7) is 5.05. The van der Waals surface area contributed by atoms with Gasteiger partial charge in [0.1, 0.15) is 5.75 Å². The van der Waals surface area contributed by atoms with E-state index < -0.39 is 0 Å². The van der Waals surface area contributed by atoms with Crippen LogP contribution >= 0.6 is 0 Å². The molecule has 1 aromatic carbocycles. The van der Waals surface area contributed by atoms with Crippen molar-refractivity contribution in [1.82, 2.24) is 10.2 Å². The molecular formula is C14H18N2O3. The molecule has 2 rings (SSSR count). The minimum atomic E-state index is -0.157. The zero-order chi connectivity index (χ0) is 13.8. The van der Waals surface area contributed by atoms with Gasteiger partial charge in [0.05, 0.1) is 6.54 Å². The van der Waals surface area contributed by atoms with Crippen LogP contribution in [0.5, 0.6) is 5.75 Å². The van der Waals surface area contributed by atoms with Gasteiger partial charge in [-0.2, -0.15) is 0 Å². The van der Waals surface area contributed by atoms with Gasteiger partial charge in [-0.3, -0.25) is 9.59 Å². The summed E-state index contributed by atoms with van der Waals surface area (Å²) in [5.74, 6) is 0.442. The van der Waals surface area contributed by atoms with Gasteiger partial charge in [0.2, 0.25) is 5.91 Å². The fraction of sp³-hybridized carbons (Fsp3) is 0.429. The number of hydrogen-bond donors (Lipinski definition) is 1. The number of nitrogens with one attached hydrogen (secondary N) is 1. The lowest BCUT2D eigenvalue weighted by Gasteiger charge is -2.26. The maximum absolute atomic E-state index is 11.9. The molecule has 0 radical (unpaired) electrons. The highest BCUT2D eigenvalue weighted by atomic mass is 16.5. The molecule has 5 nitrogen and oxygen atoms in total. The molecule has 19 heavy (non-hydrogen) atoms. The zero-order valence-corrected chi connectivity index (χ0v) is 11.2. The maximum atomic E-state index is 11.9. The van der Waals surface area contributed by atoms with E-state index in [1.807, 2.05) is 32.0 Å². The molecule has 0 unspecified atom stereocenters. The second-order valence-electron chi connectivity index (χ2n) is 4.72. The van der Waals surface area contributed by atoms with Crippen LogP contribution in [0.25, 0.3) is 0 Å². The number of ether oxygens (including phenoxy) is 1. The van der Waals surface area contributed by atoms with Gasteiger partial charge in [-0.25, -0.2) is 0 Å². The normalized spacial score (nSPS) is 15.1. The number of hydrogen-bond acceptors (Lipinski definition) is 3. The first-order valence-corrected chi connectivity index (χ1v) is 6.31. The van der Waals surface area contributed by atoms with Crippen molar-refractivity contribution in [2.75, 3.05) is 26.2 Å². The Labute approximate surface area is 112 Å². The van der Waals surface area contributed by atoms with E-state index in [1.54, 1.807) is 0 Å². The Bertz CT molecular complexity index is 499. The summed E-state index contributed by atoms with van der Waals surface area (Å²) in [6.07, 6.45) is 0. The molecule has 0 atom stereocenters. The van der Waals surface area contributed by atoms with Gasteiger partial charge >= 0.3 is 0 Å². The van der Waals surface area contributed by atoms with Crippen LogP contribution in [0.2, 0.25) is 0 Å². The minimum absolute atomic E-state index is 0.0302. The van der Waals surface area contributed by atoms with Crippen molar-refractivity contribution in [1.29, 1.82) is 0 Å². The zero-order valence-electron chi connectivity index (χ0n) is 11.2. The predicted molar refractivity (Wildman–Crippen MR) is 71.0 cm³/mol. The molecular weight excluding hydrogens is 244 g/mol. The summed E-state index contributed by atoms with van der Waals surface area (Å²) in [6, 6.07) is 5.87. The van der Waals surface area contributed by atoms with Crippen molar-refractivity contribution in [3.8, 4) is 5.75 Å². The highest BCUT2D eigenvalue weighted by molar-refractivity contribution is 5.86. The minimum Gasteiger partial charge on any atom is -0.483 e. The first kappa shape index (κ1) is 13.4. The summed E-state index contributed by atoms with van der Waals surface area (Å²) in [5.41, 5.74) is 2.08. The Morgan fingerprint density at radius 1 is 1.42 bits per heavy atom. The maximum Gasteiger partial charge on any atom is 0.261 e. The number of amides is 2. The number of carbonyl (C=O) groups excluding carboxylic acids is 2. The van der Waals surface area contributed by atoms with E-state index in [0.29, 0.717) is 13.1 Å². The lowest BCUT2D eigenvalue weighted by molar-refractivity contribution is -0.139. The van der Waals surface area contributed by atoms with Crippen LogP contribution in [0.3, 0.4) is 0 Å². The van der Waals surface area contributed by atoms with E-state index in [1.165, 1.54) is 4.90 Å². The fourth-order valence-electron chi connectivity index (χ4n) is 1.95. The van der Waals surface area contributed by atoms with Gasteiger partial charge in [-0.1, -0.05) is 12.1 Å². The molecule has 1 N–H and O–H groups in total. The first-order valence-electron chi connectivity index (χ1n) is 6.31. The van der Waals surface area contributed by atoms with Crippen LogP contribution < -0.4 is 10.1 Å². The predicted octanol–water partition coefficient (Wildman–Crippen LogP) is 0.641. The molecule has 1 saturated heterocycles. The van der Waals surface area contributed by atoms with Gasteiger partial charge in [-0.05, 0) is 31.0 Å². The first-order chi connectivity index (χ1) is 9.06. The number of carbonyl (C=O) groups is 2. The molecule has 5 heteroatoms. The lowest BCUT2D eigenvalue weighted by atomic mass is 10.1. The van der Waals surface area contributed by atoms with E-state index in [4.69, 9.17) is 4.74 Å². The van der Waals surface area contributed by atoms with Gasteiger partial charge in [0.25, 0.3) is 5.91 Å². The van der Waals surface area contributed by atoms with Crippen molar-refractivity contribution in [2.24, 2.45) is 0 Å². The standard InChI is InChI=1S/C14H18N2O3/c1-10-3-4-11(2)12(7-10)19-9-14(18)16-6-5-15-13(17)8-16/h3-4,7H,5-6,8-9H2,1-2H3,(H,15,17). The average molecular weight is 262 g/mol. The van der Waals surface area contributed by atoms with Crippen molar-refractivity contribution in [2.45, 2.75) is 13.8 Å². The Morgan fingerprint density at radius 2 is 2.21 bits per heavy atom. The Balaban J connectivity index is 1.92. The molecule has 0 aromatic heterocycles. The second kappa shape index (κ2) is 5.73. The molecule has 0 bridgehead atoms. The van der Waals surface area contributed by atoms with Crippen LogP contribution in [0.15, 0.2) is 18.2 Å². The topological polar surface area (TPSA) is 58.6 Å². The molecule has 1 aromatic rings. The molecule has 0 saturated carbocycles. The summed E-state index contributed by atoms with van der Waals surface area (Å²) >= 11 is 0. The third-order valence-electron chi connectivity index (χ3n) is 3.09. The molecule has 0 spiro atoms. The molecule has 1 aliphatic heterocycles. The van der Waals surface area contributed by atoms with Gasteiger partial charge in [-0.15, -0.1) is 0 Å². The van der Waals surface area contributed by atoms with Crippen molar-refractivity contribution in [3.05, 3.63) is 29.3 Å². The van der Waals surface area contributed by atoms with Gasteiger partial charge in [0, 0.05) is 13.1 Å². The van der Waals surface area contributed by atoms with Crippen molar-refractivity contribution in [3.63, 3.8) is 0 Å². The Hall–Kier alpha value is -2.04. The third-order valence-corrected chi connectivity index (χ3v) is 3.09. The molecule has 102 valence electrons. The Morgan fingerprint density at radius 3 is 2.95 bits per heavy atom. The molecule has 1 aliphatic rings. The van der Waals surface area contributed by atoms with Crippen molar-refractivity contribution >= 4 is 11.8 Å². The average Bonchev–Trinajstić information content (AvgIpc) is 2.39. The molecule has 1 fully saturated rings. The van der Waals surface area contributed by atoms with E-state index in [2.05, 4.69) is 5.32 Å². The van der Waals surface area contributed by atoms with E-state index >= 15 is 0 Å². The summed E-state index contributed by atoms with van der Waals surface area (Å²) in [5, 5.41) is 2.68. The van der Waals surface area contributed by atoms with Crippen LogP contribution in [-0.4, -0.2) is 43.0 Å². The Kier molecular flexibility index (Phi) is 4.04. The lowest BCUT2D eigenvalue weighted by Crippen LogP contribution is -2.51. The quantitative estimate of drug-likeness (QED) is 0.869. The van der Waals surface area contributed by atoms with Crippen LogP contribution in [0.4, 0.5) is 0 Å². The summed E-state index contributed by atoms with van der Waals surface area (Å²) < 4.78 is 5.54. The summed E-state index contributed by atoms with van der Waals surface area (Å²) in [7, 11) is 0. The van der Waals surface area contributed by atoms with Gasteiger partial charge < -0.3 is 15.0 Å². The second-order valence-corrected chi connectivity index (χ2v) is 4.72. The number of nitrogens with zero attached hydrogens (tertiary/aromatic N) is 1. The summed E-state index contributed by atoms with van der Waals surface area (Å²) in [4.78, 5) is 24.7. The highest BCUT2D eigenvalue weighted by Gasteiger charge is 2.21. The van der Waals surface area contributed by atoms with Crippen LogP contribution in [-0.2, 0) is 9.59 Å². The van der Waals surface area contributed by atoms with Crippen LogP contribution in [0.1, 0.15) is 11.1 Å². The van der Waals surface area contributed by atoms with Crippen LogP contribution in [0, 0.1) is 13.8 Å². The van der Waals surface area contributed by atoms with E-state index in [9.17, 15) is 9.59 Å². The van der Waals surface area contributed by atoms with E-state index in [-0.39, 0.29) is 25.0 Å². The van der Waals surface area contributed by atoms with Crippen molar-refractivity contribution < 1.29 is 14.3 Å². The van der Waals surface area contributed by atoms with E-state index in [0.717, 1.165) is 16.9 Å². The monoisotopic (exact) mass is 262 g/mol. The molecule has 0 aliphatic carbocycles. The highest BCUT2D eigenvalue weighted by Crippen LogP contribution is 2.19. The molecule has 2 amide bonds. The number of aryl methyl sites for hydroxylation is 2.